The molecule has 1 heterocycles. The molecule has 0 unspecified atom stereocenters. The lowest BCUT2D eigenvalue weighted by molar-refractivity contribution is -0.140. The Morgan fingerprint density at radius 2 is 1.68 bits per heavy atom. The van der Waals surface area contributed by atoms with E-state index in [1.165, 1.54) is 35.2 Å². The minimum absolute atomic E-state index is 0.000526. The average Bonchev–Trinajstić information content (AvgIpc) is 3.42. The zero-order valence-electron chi connectivity index (χ0n) is 23.2. The average molecular weight is 584 g/mol. The predicted molar refractivity (Wildman–Crippen MR) is 154 cm³/mol. The smallest absolute Gasteiger partial charge is 0.244 e. The van der Waals surface area contributed by atoms with Gasteiger partial charge in [0, 0.05) is 30.6 Å². The first kappa shape index (κ1) is 29.9. The number of sulfonamides is 1. The molecule has 0 aliphatic carbocycles. The number of anilines is 1. The molecule has 9 nitrogen and oxygen atoms in total. The Labute approximate surface area is 239 Å². The number of carbonyl (C=O) groups is 2. The molecular formula is C30H34FN3O6S. The van der Waals surface area contributed by atoms with Crippen molar-refractivity contribution in [2.45, 2.75) is 45.3 Å². The van der Waals surface area contributed by atoms with Crippen LogP contribution in [-0.4, -0.2) is 56.8 Å². The molecule has 3 aromatic carbocycles. The van der Waals surface area contributed by atoms with Gasteiger partial charge in [0.1, 0.15) is 18.4 Å². The van der Waals surface area contributed by atoms with Gasteiger partial charge >= 0.3 is 0 Å². The lowest BCUT2D eigenvalue weighted by atomic mass is 10.0. The molecular weight excluding hydrogens is 549 g/mol. The van der Waals surface area contributed by atoms with E-state index in [-0.39, 0.29) is 37.1 Å². The van der Waals surface area contributed by atoms with Crippen molar-refractivity contribution in [1.29, 1.82) is 0 Å². The van der Waals surface area contributed by atoms with E-state index in [1.54, 1.807) is 12.1 Å². The van der Waals surface area contributed by atoms with Crippen molar-refractivity contribution in [1.82, 2.24) is 10.2 Å². The van der Waals surface area contributed by atoms with E-state index >= 15 is 0 Å². The molecule has 0 spiro atoms. The van der Waals surface area contributed by atoms with Crippen LogP contribution in [0.4, 0.5) is 10.1 Å². The van der Waals surface area contributed by atoms with Crippen molar-refractivity contribution in [3.8, 4) is 11.5 Å². The number of rotatable bonds is 12. The summed E-state index contributed by atoms with van der Waals surface area (Å²) in [5.74, 6) is -0.818. The molecule has 41 heavy (non-hydrogen) atoms. The fourth-order valence-electron chi connectivity index (χ4n) is 4.46. The zero-order chi connectivity index (χ0) is 29.6. The molecule has 1 aliphatic rings. The highest BCUT2D eigenvalue weighted by Gasteiger charge is 2.34. The standard InChI is InChI=1S/C30H34FN3O6S/c1-4-21(2)32-30(36)26(16-22-10-6-5-7-11-22)33(18-23-12-8-9-13-25(23)31)29(35)19-34(41(3,37)38)24-14-15-27-28(17-24)40-20-39-27/h5-15,17,21,26H,4,16,18-20H2,1-3H3,(H,32,36)/t21-,26+/m1/s1. The number of hydrogen-bond donors (Lipinski definition) is 1. The van der Waals surface area contributed by atoms with Crippen LogP contribution in [0.15, 0.2) is 72.8 Å². The van der Waals surface area contributed by atoms with Gasteiger partial charge in [-0.25, -0.2) is 12.8 Å². The lowest BCUT2D eigenvalue weighted by Gasteiger charge is -2.34. The molecule has 1 N–H and O–H groups in total. The number of benzene rings is 3. The van der Waals surface area contributed by atoms with Gasteiger partial charge in [-0.15, -0.1) is 0 Å². The van der Waals surface area contributed by atoms with Crippen molar-refractivity contribution in [3.05, 3.63) is 89.7 Å². The van der Waals surface area contributed by atoms with Gasteiger partial charge in [-0.1, -0.05) is 55.5 Å². The quantitative estimate of drug-likeness (QED) is 0.347. The third-order valence-electron chi connectivity index (χ3n) is 6.89. The topological polar surface area (TPSA) is 105 Å². The maximum absolute atomic E-state index is 14.8. The van der Waals surface area contributed by atoms with Crippen LogP contribution < -0.4 is 19.1 Å². The van der Waals surface area contributed by atoms with Gasteiger partial charge in [-0.2, -0.15) is 0 Å². The van der Waals surface area contributed by atoms with Crippen molar-refractivity contribution in [2.75, 3.05) is 23.9 Å². The molecule has 0 radical (unpaired) electrons. The maximum atomic E-state index is 14.8. The Bertz CT molecular complexity index is 1480. The van der Waals surface area contributed by atoms with E-state index in [2.05, 4.69) is 5.32 Å². The largest absolute Gasteiger partial charge is 0.454 e. The van der Waals surface area contributed by atoms with Crippen LogP contribution in [0.5, 0.6) is 11.5 Å². The number of hydrogen-bond acceptors (Lipinski definition) is 6. The number of amides is 2. The zero-order valence-corrected chi connectivity index (χ0v) is 24.1. The molecule has 218 valence electrons. The number of ether oxygens (including phenoxy) is 2. The highest BCUT2D eigenvalue weighted by atomic mass is 32.2. The van der Waals surface area contributed by atoms with E-state index in [0.29, 0.717) is 17.9 Å². The summed E-state index contributed by atoms with van der Waals surface area (Å²) in [7, 11) is -3.96. The number of fused-ring (bicyclic) bond motifs is 1. The maximum Gasteiger partial charge on any atom is 0.244 e. The summed E-state index contributed by atoms with van der Waals surface area (Å²) in [6.07, 6.45) is 1.80. The summed E-state index contributed by atoms with van der Waals surface area (Å²) in [4.78, 5) is 29.0. The van der Waals surface area contributed by atoms with Gasteiger partial charge < -0.3 is 19.7 Å². The number of halogens is 1. The molecule has 0 bridgehead atoms. The van der Waals surface area contributed by atoms with Crippen LogP contribution in [0, 0.1) is 5.82 Å². The van der Waals surface area contributed by atoms with Gasteiger partial charge in [-0.3, -0.25) is 13.9 Å². The Kier molecular flexibility index (Phi) is 9.49. The Morgan fingerprint density at radius 3 is 2.37 bits per heavy atom. The predicted octanol–water partition coefficient (Wildman–Crippen LogP) is 3.88. The summed E-state index contributed by atoms with van der Waals surface area (Å²) in [6, 6.07) is 18.5. The number of carbonyl (C=O) groups excluding carboxylic acids is 2. The van der Waals surface area contributed by atoms with Crippen molar-refractivity contribution >= 4 is 27.5 Å². The third-order valence-corrected chi connectivity index (χ3v) is 8.03. The van der Waals surface area contributed by atoms with Crippen LogP contribution in [0.2, 0.25) is 0 Å². The van der Waals surface area contributed by atoms with Gasteiger partial charge in [0.2, 0.25) is 28.6 Å². The van der Waals surface area contributed by atoms with E-state index < -0.39 is 40.2 Å². The summed E-state index contributed by atoms with van der Waals surface area (Å²) in [6.45, 7) is 2.92. The normalized spacial score (nSPS) is 13.8. The molecule has 0 saturated heterocycles. The summed E-state index contributed by atoms with van der Waals surface area (Å²) in [5, 5.41) is 2.94. The van der Waals surface area contributed by atoms with E-state index in [1.807, 2.05) is 44.2 Å². The molecule has 3 aromatic rings. The second-order valence-electron chi connectivity index (χ2n) is 9.94. The first-order valence-corrected chi connectivity index (χ1v) is 15.2. The Hall–Kier alpha value is -4.12. The van der Waals surface area contributed by atoms with Crippen molar-refractivity contribution in [3.63, 3.8) is 0 Å². The van der Waals surface area contributed by atoms with Crippen LogP contribution in [0.1, 0.15) is 31.4 Å². The fraction of sp³-hybridized carbons (Fsp3) is 0.333. The van der Waals surface area contributed by atoms with Crippen LogP contribution in [0.3, 0.4) is 0 Å². The van der Waals surface area contributed by atoms with E-state index in [9.17, 15) is 22.4 Å². The molecule has 1 aliphatic heterocycles. The van der Waals surface area contributed by atoms with Gasteiger partial charge in [-0.05, 0) is 37.1 Å². The Balaban J connectivity index is 1.74. The van der Waals surface area contributed by atoms with Crippen molar-refractivity contribution in [2.24, 2.45) is 0 Å². The summed E-state index contributed by atoms with van der Waals surface area (Å²) in [5.41, 5.74) is 1.18. The monoisotopic (exact) mass is 583 g/mol. The second-order valence-corrected chi connectivity index (χ2v) is 11.9. The molecule has 0 aromatic heterocycles. The van der Waals surface area contributed by atoms with E-state index in [4.69, 9.17) is 9.47 Å². The first-order chi connectivity index (χ1) is 19.6. The van der Waals surface area contributed by atoms with E-state index in [0.717, 1.165) is 16.1 Å². The third kappa shape index (κ3) is 7.55. The van der Waals surface area contributed by atoms with Crippen LogP contribution in [-0.2, 0) is 32.6 Å². The summed E-state index contributed by atoms with van der Waals surface area (Å²) >= 11 is 0. The van der Waals surface area contributed by atoms with Gasteiger partial charge in [0.15, 0.2) is 11.5 Å². The lowest BCUT2D eigenvalue weighted by Crippen LogP contribution is -2.54. The minimum Gasteiger partial charge on any atom is -0.454 e. The molecule has 11 heteroatoms. The highest BCUT2D eigenvalue weighted by molar-refractivity contribution is 7.92. The summed E-state index contributed by atoms with van der Waals surface area (Å²) < 4.78 is 52.4. The molecule has 2 amide bonds. The van der Waals surface area contributed by atoms with Crippen LogP contribution in [0.25, 0.3) is 0 Å². The Morgan fingerprint density at radius 1 is 1.00 bits per heavy atom. The molecule has 4 rings (SSSR count). The number of nitrogens with one attached hydrogen (secondary N) is 1. The second kappa shape index (κ2) is 13.0. The molecule has 0 saturated carbocycles. The minimum atomic E-state index is -3.96. The van der Waals surface area contributed by atoms with Crippen molar-refractivity contribution < 1.29 is 31.9 Å². The van der Waals surface area contributed by atoms with Gasteiger partial charge in [0.25, 0.3) is 0 Å². The number of nitrogens with zero attached hydrogens (tertiary/aromatic N) is 2. The first-order valence-electron chi connectivity index (χ1n) is 13.3. The molecule has 0 fully saturated rings. The SMILES string of the molecule is CC[C@@H](C)NC(=O)[C@H](Cc1ccccc1)N(Cc1ccccc1F)C(=O)CN(c1ccc2c(c1)OCO2)S(C)(=O)=O. The fourth-order valence-corrected chi connectivity index (χ4v) is 5.30. The molecule has 2 atom stereocenters. The van der Waals surface area contributed by atoms with Gasteiger partial charge in [0.05, 0.1) is 11.9 Å². The highest BCUT2D eigenvalue weighted by Crippen LogP contribution is 2.36. The van der Waals surface area contributed by atoms with Crippen LogP contribution >= 0.6 is 0 Å².